The number of carboxylic acids is 1. The van der Waals surface area contributed by atoms with Crippen molar-refractivity contribution in [3.8, 4) is 0 Å². The van der Waals surface area contributed by atoms with Crippen molar-refractivity contribution in [3.05, 3.63) is 35.4 Å². The Kier molecular flexibility index (Phi) is 4.85. The van der Waals surface area contributed by atoms with Gasteiger partial charge >= 0.3 is 5.97 Å². The van der Waals surface area contributed by atoms with Gasteiger partial charge in [0.1, 0.15) is 0 Å². The smallest absolute Gasteiger partial charge is 0.304 e. The molecule has 0 atom stereocenters. The molecule has 0 aliphatic carbocycles. The Morgan fingerprint density at radius 3 is 2.33 bits per heavy atom. The summed E-state index contributed by atoms with van der Waals surface area (Å²) in [7, 11) is 0. The summed E-state index contributed by atoms with van der Waals surface area (Å²) < 4.78 is 26.0. The van der Waals surface area contributed by atoms with E-state index < -0.39 is 17.6 Å². The molecular formula is C14H16F2N2O3. The van der Waals surface area contributed by atoms with Gasteiger partial charge in [0, 0.05) is 38.3 Å². The molecule has 1 heterocycles. The lowest BCUT2D eigenvalue weighted by Gasteiger charge is -2.34. The van der Waals surface area contributed by atoms with Gasteiger partial charge in [-0.05, 0) is 18.2 Å². The quantitative estimate of drug-likeness (QED) is 0.907. The Morgan fingerprint density at radius 2 is 1.76 bits per heavy atom. The van der Waals surface area contributed by atoms with E-state index in [9.17, 15) is 18.4 Å². The van der Waals surface area contributed by atoms with Crippen LogP contribution < -0.4 is 0 Å². The van der Waals surface area contributed by atoms with Crippen LogP contribution in [0, 0.1) is 11.6 Å². The van der Waals surface area contributed by atoms with Crippen LogP contribution in [0.3, 0.4) is 0 Å². The number of halogens is 2. The van der Waals surface area contributed by atoms with E-state index in [2.05, 4.69) is 0 Å². The summed E-state index contributed by atoms with van der Waals surface area (Å²) in [5.74, 6) is -3.21. The van der Waals surface area contributed by atoms with Gasteiger partial charge in [-0.1, -0.05) is 0 Å². The molecule has 21 heavy (non-hydrogen) atoms. The lowest BCUT2D eigenvalue weighted by atomic mass is 10.1. The molecule has 1 fully saturated rings. The third-order valence-electron chi connectivity index (χ3n) is 3.47. The monoisotopic (exact) mass is 298 g/mol. The highest BCUT2D eigenvalue weighted by Crippen LogP contribution is 2.13. The number of hydrogen-bond acceptors (Lipinski definition) is 3. The van der Waals surface area contributed by atoms with Crippen molar-refractivity contribution in [1.29, 1.82) is 0 Å². The third kappa shape index (κ3) is 3.98. The number of benzene rings is 1. The summed E-state index contributed by atoms with van der Waals surface area (Å²) in [6.45, 7) is 2.48. The van der Waals surface area contributed by atoms with Crippen molar-refractivity contribution in [3.63, 3.8) is 0 Å². The van der Waals surface area contributed by atoms with Crippen LogP contribution >= 0.6 is 0 Å². The van der Waals surface area contributed by atoms with Crippen LogP contribution in [0.1, 0.15) is 16.8 Å². The van der Waals surface area contributed by atoms with Gasteiger partial charge in [-0.2, -0.15) is 0 Å². The topological polar surface area (TPSA) is 60.9 Å². The first-order valence-electron chi connectivity index (χ1n) is 6.66. The van der Waals surface area contributed by atoms with Gasteiger partial charge in [-0.25, -0.2) is 8.78 Å². The van der Waals surface area contributed by atoms with E-state index in [0.29, 0.717) is 32.7 Å². The number of hydrogen-bond donors (Lipinski definition) is 1. The number of amides is 1. The summed E-state index contributed by atoms with van der Waals surface area (Å²) in [5.41, 5.74) is 0.118. The zero-order valence-electron chi connectivity index (χ0n) is 11.4. The van der Waals surface area contributed by atoms with Crippen molar-refractivity contribution in [2.45, 2.75) is 6.42 Å². The molecule has 1 aliphatic rings. The van der Waals surface area contributed by atoms with Crippen LogP contribution in [0.4, 0.5) is 8.78 Å². The fourth-order valence-corrected chi connectivity index (χ4v) is 2.24. The fraction of sp³-hybridized carbons (Fsp3) is 0.429. The van der Waals surface area contributed by atoms with Crippen molar-refractivity contribution < 1.29 is 23.5 Å². The first-order valence-corrected chi connectivity index (χ1v) is 6.66. The van der Waals surface area contributed by atoms with E-state index in [1.807, 2.05) is 4.90 Å². The minimum Gasteiger partial charge on any atom is -0.481 e. The summed E-state index contributed by atoms with van der Waals surface area (Å²) in [5, 5.41) is 8.62. The lowest BCUT2D eigenvalue weighted by molar-refractivity contribution is -0.137. The minimum atomic E-state index is -1.04. The van der Waals surface area contributed by atoms with Crippen LogP contribution in [0.5, 0.6) is 0 Å². The molecular weight excluding hydrogens is 282 g/mol. The Labute approximate surface area is 120 Å². The van der Waals surface area contributed by atoms with Crippen molar-refractivity contribution in [2.75, 3.05) is 32.7 Å². The maximum absolute atomic E-state index is 13.1. The van der Waals surface area contributed by atoms with Crippen molar-refractivity contribution in [2.24, 2.45) is 0 Å². The second kappa shape index (κ2) is 6.62. The van der Waals surface area contributed by atoms with Gasteiger partial charge in [0.25, 0.3) is 5.91 Å². The summed E-state index contributed by atoms with van der Waals surface area (Å²) in [6.07, 6.45) is 0.0666. The average molecular weight is 298 g/mol. The van der Waals surface area contributed by atoms with Crippen LogP contribution in [-0.2, 0) is 4.79 Å². The van der Waals surface area contributed by atoms with E-state index in [0.717, 1.165) is 12.1 Å². The minimum absolute atomic E-state index is 0.0666. The molecule has 2 rings (SSSR count). The van der Waals surface area contributed by atoms with E-state index in [4.69, 9.17) is 5.11 Å². The molecule has 0 unspecified atom stereocenters. The number of carbonyl (C=O) groups is 2. The summed E-state index contributed by atoms with van der Waals surface area (Å²) >= 11 is 0. The Morgan fingerprint density at radius 1 is 1.10 bits per heavy atom. The molecule has 0 saturated carbocycles. The lowest BCUT2D eigenvalue weighted by Crippen LogP contribution is -2.49. The van der Waals surface area contributed by atoms with Gasteiger partial charge in [0.05, 0.1) is 6.42 Å². The van der Waals surface area contributed by atoms with Crippen molar-refractivity contribution in [1.82, 2.24) is 9.80 Å². The molecule has 0 bridgehead atoms. The summed E-state index contributed by atoms with van der Waals surface area (Å²) in [4.78, 5) is 26.2. The molecule has 1 N–H and O–H groups in total. The van der Waals surface area contributed by atoms with Gasteiger partial charge < -0.3 is 10.0 Å². The van der Waals surface area contributed by atoms with Crippen molar-refractivity contribution >= 4 is 11.9 Å². The second-order valence-electron chi connectivity index (χ2n) is 4.91. The standard InChI is InChI=1S/C14H16F2N2O3/c15-11-2-1-10(9-12(11)16)14(21)18-7-5-17(6-8-18)4-3-13(19)20/h1-2,9H,3-8H2,(H,19,20). The van der Waals surface area contributed by atoms with Gasteiger partial charge in [0.15, 0.2) is 11.6 Å². The second-order valence-corrected chi connectivity index (χ2v) is 4.91. The SMILES string of the molecule is O=C(O)CCN1CCN(C(=O)c2ccc(F)c(F)c2)CC1. The highest BCUT2D eigenvalue weighted by atomic mass is 19.2. The Balaban J connectivity index is 1.90. The molecule has 0 aromatic heterocycles. The third-order valence-corrected chi connectivity index (χ3v) is 3.47. The maximum Gasteiger partial charge on any atom is 0.304 e. The molecule has 0 spiro atoms. The zero-order chi connectivity index (χ0) is 15.4. The fourth-order valence-electron chi connectivity index (χ4n) is 2.24. The molecule has 1 aliphatic heterocycles. The van der Waals surface area contributed by atoms with Gasteiger partial charge in [0.2, 0.25) is 0 Å². The number of carbonyl (C=O) groups excluding carboxylic acids is 1. The van der Waals surface area contributed by atoms with Crippen LogP contribution in [0.25, 0.3) is 0 Å². The van der Waals surface area contributed by atoms with Gasteiger partial charge in [-0.15, -0.1) is 0 Å². The van der Waals surface area contributed by atoms with Crippen LogP contribution in [-0.4, -0.2) is 59.5 Å². The molecule has 5 nitrogen and oxygen atoms in total. The number of carboxylic acid groups (broad SMARTS) is 1. The molecule has 1 aromatic carbocycles. The highest BCUT2D eigenvalue weighted by Gasteiger charge is 2.22. The normalized spacial score (nSPS) is 16.0. The molecule has 114 valence electrons. The van der Waals surface area contributed by atoms with E-state index in [1.165, 1.54) is 6.07 Å². The van der Waals surface area contributed by atoms with Crippen LogP contribution in [0.15, 0.2) is 18.2 Å². The molecule has 1 saturated heterocycles. The number of rotatable bonds is 4. The highest BCUT2D eigenvalue weighted by molar-refractivity contribution is 5.94. The molecule has 1 aromatic rings. The molecule has 0 radical (unpaired) electrons. The number of aliphatic carboxylic acids is 1. The molecule has 1 amide bonds. The number of nitrogens with zero attached hydrogens (tertiary/aromatic N) is 2. The Hall–Kier alpha value is -2.02. The van der Waals surface area contributed by atoms with E-state index >= 15 is 0 Å². The zero-order valence-corrected chi connectivity index (χ0v) is 11.4. The predicted molar refractivity (Wildman–Crippen MR) is 71.0 cm³/mol. The number of piperazine rings is 1. The molecule has 7 heteroatoms. The first-order chi connectivity index (χ1) is 9.97. The first kappa shape index (κ1) is 15.4. The maximum atomic E-state index is 13.1. The summed E-state index contributed by atoms with van der Waals surface area (Å²) in [6, 6.07) is 3.09. The Bertz CT molecular complexity index is 543. The average Bonchev–Trinajstić information content (AvgIpc) is 2.48. The van der Waals surface area contributed by atoms with Gasteiger partial charge in [-0.3, -0.25) is 14.5 Å². The largest absolute Gasteiger partial charge is 0.481 e. The van der Waals surface area contributed by atoms with E-state index in [-0.39, 0.29) is 17.9 Å². The van der Waals surface area contributed by atoms with E-state index in [1.54, 1.807) is 4.90 Å². The van der Waals surface area contributed by atoms with Crippen LogP contribution in [0.2, 0.25) is 0 Å². The predicted octanol–water partition coefficient (Wildman–Crippen LogP) is 1.20.